The molecule has 4 rings (SSSR count). The minimum Gasteiger partial charge on any atom is -0.395 e. The molecule has 9 nitrogen and oxygen atoms in total. The second kappa shape index (κ2) is 11.1. The fourth-order valence-corrected chi connectivity index (χ4v) is 9.05. The van der Waals surface area contributed by atoms with Crippen LogP contribution >= 0.6 is 0 Å². The number of nitrogens with two attached hydrogens (primary N) is 1. The van der Waals surface area contributed by atoms with Crippen LogP contribution in [-0.4, -0.2) is 70.0 Å². The van der Waals surface area contributed by atoms with E-state index in [1.807, 2.05) is 0 Å². The van der Waals surface area contributed by atoms with Crippen molar-refractivity contribution in [3.05, 3.63) is 0 Å². The van der Waals surface area contributed by atoms with E-state index in [9.17, 15) is 28.5 Å². The van der Waals surface area contributed by atoms with Gasteiger partial charge in [-0.3, -0.25) is 9.35 Å². The first kappa shape index (κ1) is 29.8. The number of aliphatic hydroxyl groups is 4. The summed E-state index contributed by atoms with van der Waals surface area (Å²) >= 11 is 0. The van der Waals surface area contributed by atoms with Crippen LogP contribution in [0.25, 0.3) is 0 Å². The van der Waals surface area contributed by atoms with E-state index in [2.05, 4.69) is 20.8 Å². The van der Waals surface area contributed by atoms with Gasteiger partial charge in [-0.05, 0) is 97.7 Å². The van der Waals surface area contributed by atoms with Crippen LogP contribution < -0.4 is 5.73 Å². The molecule has 0 aromatic heterocycles. The van der Waals surface area contributed by atoms with Gasteiger partial charge in [0.25, 0.3) is 10.1 Å². The highest BCUT2D eigenvalue weighted by molar-refractivity contribution is 7.85. The molecule has 0 aromatic rings. The Hall–Kier alpha value is -0.780. The molecule has 210 valence electrons. The van der Waals surface area contributed by atoms with Gasteiger partial charge in [0.2, 0.25) is 5.91 Å². The third kappa shape index (κ3) is 5.78. The van der Waals surface area contributed by atoms with Crippen LogP contribution in [0.1, 0.15) is 78.6 Å². The summed E-state index contributed by atoms with van der Waals surface area (Å²) < 4.78 is 27.1. The van der Waals surface area contributed by atoms with E-state index in [0.717, 1.165) is 51.4 Å². The molecule has 0 saturated heterocycles. The molecule has 4 fully saturated rings. The topological polar surface area (TPSA) is 178 Å². The smallest absolute Gasteiger partial charge is 0.267 e. The Labute approximate surface area is 215 Å². The zero-order valence-electron chi connectivity index (χ0n) is 21.9. The second-order valence-electron chi connectivity index (χ2n) is 12.5. The molecule has 0 aromatic carbocycles. The van der Waals surface area contributed by atoms with Gasteiger partial charge in [-0.25, -0.2) is 0 Å². The lowest BCUT2D eigenvalue weighted by atomic mass is 9.43. The summed E-state index contributed by atoms with van der Waals surface area (Å²) in [6, 6.07) is 0. The lowest BCUT2D eigenvalue weighted by Gasteiger charge is -2.63. The van der Waals surface area contributed by atoms with Crippen molar-refractivity contribution in [2.75, 3.05) is 12.4 Å². The van der Waals surface area contributed by atoms with E-state index in [1.165, 1.54) is 0 Å². The first-order chi connectivity index (χ1) is 16.6. The number of carbonyl (C=O) groups excluding carboxylic acids is 1. The van der Waals surface area contributed by atoms with Crippen molar-refractivity contribution in [1.29, 1.82) is 0 Å². The Bertz CT molecular complexity index is 883. The fourth-order valence-electron chi connectivity index (χ4n) is 8.82. The standard InChI is InChI=1S/C24H41NO4.C2H6O4S/c1-13(4-7-21(25)29)16-5-6-17-22-18(12-20(28)24(16,17)3)23(2)9-8-15(26)10-14(23)11-19(22)27;3-1-2-7(4,5)6/h13-20,22,26-28H,4-12H2,1-3H3,(H2,25,29);3H,1-2H2,(H,4,5,6)/t13-,14+,15-,16-,17+,18+,19-,20+,22+,23+,24-;/m1./s1. The molecule has 0 spiro atoms. The molecule has 0 heterocycles. The summed E-state index contributed by atoms with van der Waals surface area (Å²) in [5, 5.41) is 40.8. The van der Waals surface area contributed by atoms with E-state index < -0.39 is 22.5 Å². The predicted octanol–water partition coefficient (Wildman–Crippen LogP) is 1.72. The normalized spacial score (nSPS) is 44.9. The molecular formula is C26H47NO8S. The molecule has 0 unspecified atom stereocenters. The monoisotopic (exact) mass is 533 g/mol. The number of hydrogen-bond acceptors (Lipinski definition) is 7. The van der Waals surface area contributed by atoms with E-state index >= 15 is 0 Å². The zero-order valence-corrected chi connectivity index (χ0v) is 22.7. The molecule has 10 heteroatoms. The van der Waals surface area contributed by atoms with E-state index in [0.29, 0.717) is 36.0 Å². The van der Waals surface area contributed by atoms with Gasteiger partial charge in [-0.2, -0.15) is 8.42 Å². The fraction of sp³-hybridized carbons (Fsp3) is 0.962. The average molecular weight is 534 g/mol. The SMILES string of the molecule is C[C@H](CCC(N)=O)[C@H]1CC[C@H]2[C@@H]3[C@H](O)C[C@@H]4C[C@H](O)CC[C@]4(C)[C@H]3C[C@H](O)[C@]12C.O=S(=O)(O)CCO. The average Bonchev–Trinajstić information content (AvgIpc) is 3.12. The number of carbonyl (C=O) groups is 1. The summed E-state index contributed by atoms with van der Waals surface area (Å²) in [6.07, 6.45) is 6.56. The highest BCUT2D eigenvalue weighted by Crippen LogP contribution is 2.68. The van der Waals surface area contributed by atoms with Crippen molar-refractivity contribution >= 4 is 16.0 Å². The largest absolute Gasteiger partial charge is 0.395 e. The summed E-state index contributed by atoms with van der Waals surface area (Å²) in [5.74, 6) is 1.15. The third-order valence-corrected chi connectivity index (χ3v) is 11.4. The van der Waals surface area contributed by atoms with Crippen LogP contribution in [0.5, 0.6) is 0 Å². The molecular weight excluding hydrogens is 486 g/mol. The Kier molecular flexibility index (Phi) is 9.21. The molecule has 11 atom stereocenters. The lowest BCUT2D eigenvalue weighted by molar-refractivity contribution is -0.207. The minimum atomic E-state index is -3.92. The second-order valence-corrected chi connectivity index (χ2v) is 14.1. The van der Waals surface area contributed by atoms with Crippen molar-refractivity contribution < 1.29 is 38.2 Å². The molecule has 4 aliphatic carbocycles. The summed E-state index contributed by atoms with van der Waals surface area (Å²) in [7, 11) is -3.92. The van der Waals surface area contributed by atoms with Gasteiger partial charge in [0.05, 0.1) is 30.7 Å². The van der Waals surface area contributed by atoms with E-state index in [4.69, 9.17) is 15.4 Å². The van der Waals surface area contributed by atoms with Crippen LogP contribution in [0, 0.1) is 46.3 Å². The Morgan fingerprint density at radius 2 is 1.72 bits per heavy atom. The maximum absolute atomic E-state index is 11.5. The van der Waals surface area contributed by atoms with Crippen LogP contribution in [0.2, 0.25) is 0 Å². The molecule has 7 N–H and O–H groups in total. The van der Waals surface area contributed by atoms with Gasteiger partial charge in [-0.1, -0.05) is 20.8 Å². The molecule has 0 aliphatic heterocycles. The van der Waals surface area contributed by atoms with Crippen molar-refractivity contribution in [2.45, 2.75) is 96.9 Å². The van der Waals surface area contributed by atoms with Gasteiger partial charge < -0.3 is 26.2 Å². The van der Waals surface area contributed by atoms with Gasteiger partial charge in [0.15, 0.2) is 0 Å². The van der Waals surface area contributed by atoms with E-state index in [-0.39, 0.29) is 41.0 Å². The summed E-state index contributed by atoms with van der Waals surface area (Å²) in [4.78, 5) is 11.3. The third-order valence-electron chi connectivity index (χ3n) is 10.7. The first-order valence-corrected chi connectivity index (χ1v) is 15.1. The summed E-state index contributed by atoms with van der Waals surface area (Å²) in [5.41, 5.74) is 5.30. The molecule has 4 aliphatic rings. The van der Waals surface area contributed by atoms with Crippen molar-refractivity contribution in [2.24, 2.45) is 52.1 Å². The van der Waals surface area contributed by atoms with Crippen molar-refractivity contribution in [3.63, 3.8) is 0 Å². The van der Waals surface area contributed by atoms with Gasteiger partial charge >= 0.3 is 0 Å². The number of hydrogen-bond donors (Lipinski definition) is 6. The Balaban J connectivity index is 0.000000454. The van der Waals surface area contributed by atoms with Gasteiger partial charge in [0.1, 0.15) is 0 Å². The molecule has 1 amide bonds. The number of amides is 1. The van der Waals surface area contributed by atoms with Crippen LogP contribution in [0.15, 0.2) is 0 Å². The van der Waals surface area contributed by atoms with Gasteiger partial charge in [0, 0.05) is 6.42 Å². The highest BCUT2D eigenvalue weighted by Gasteiger charge is 2.65. The van der Waals surface area contributed by atoms with E-state index in [1.54, 1.807) is 0 Å². The highest BCUT2D eigenvalue weighted by atomic mass is 32.2. The predicted molar refractivity (Wildman–Crippen MR) is 135 cm³/mol. The Morgan fingerprint density at radius 3 is 2.28 bits per heavy atom. The number of fused-ring (bicyclic) bond motifs is 5. The Morgan fingerprint density at radius 1 is 1.06 bits per heavy atom. The lowest BCUT2D eigenvalue weighted by Crippen LogP contribution is -2.62. The zero-order chi connectivity index (χ0) is 27.1. The number of aliphatic hydroxyl groups excluding tert-OH is 4. The van der Waals surface area contributed by atoms with Crippen LogP contribution in [0.4, 0.5) is 0 Å². The number of primary amides is 1. The molecule has 0 radical (unpaired) electrons. The number of rotatable bonds is 6. The molecule has 0 bridgehead atoms. The van der Waals surface area contributed by atoms with Crippen molar-refractivity contribution in [1.82, 2.24) is 0 Å². The van der Waals surface area contributed by atoms with Crippen LogP contribution in [0.3, 0.4) is 0 Å². The summed E-state index contributed by atoms with van der Waals surface area (Å²) in [6.45, 7) is 6.29. The van der Waals surface area contributed by atoms with Crippen molar-refractivity contribution in [3.8, 4) is 0 Å². The molecule has 36 heavy (non-hydrogen) atoms. The first-order valence-electron chi connectivity index (χ1n) is 13.5. The maximum atomic E-state index is 11.5. The minimum absolute atomic E-state index is 0.112. The molecule has 4 saturated carbocycles. The maximum Gasteiger partial charge on any atom is 0.267 e. The quantitative estimate of drug-likeness (QED) is 0.279. The van der Waals surface area contributed by atoms with Crippen LogP contribution in [-0.2, 0) is 14.9 Å². The van der Waals surface area contributed by atoms with Gasteiger partial charge in [-0.15, -0.1) is 0 Å².